The SMILES string of the molecule is C[C@@H]1[C@@H](c2ccccc2)OBN1C. The van der Waals surface area contributed by atoms with E-state index in [0.29, 0.717) is 6.04 Å². The summed E-state index contributed by atoms with van der Waals surface area (Å²) in [4.78, 5) is 2.22. The van der Waals surface area contributed by atoms with E-state index in [2.05, 4.69) is 43.0 Å². The zero-order valence-corrected chi connectivity index (χ0v) is 8.10. The highest BCUT2D eigenvalue weighted by Crippen LogP contribution is 2.28. The van der Waals surface area contributed by atoms with Crippen molar-refractivity contribution in [2.24, 2.45) is 0 Å². The van der Waals surface area contributed by atoms with Gasteiger partial charge < -0.3 is 9.47 Å². The van der Waals surface area contributed by atoms with E-state index in [1.807, 2.05) is 6.07 Å². The first-order chi connectivity index (χ1) is 6.29. The van der Waals surface area contributed by atoms with Crippen LogP contribution in [0.1, 0.15) is 18.6 Å². The molecule has 0 saturated carbocycles. The van der Waals surface area contributed by atoms with Crippen LogP contribution in [-0.2, 0) is 4.65 Å². The van der Waals surface area contributed by atoms with Gasteiger partial charge in [0.1, 0.15) is 0 Å². The third-order valence-electron chi connectivity index (χ3n) is 2.72. The standard InChI is InChI=1S/C10H14BNO/c1-8-10(13-11-12(8)2)9-6-4-3-5-7-9/h3-8,10-11H,1-2H3/t8-,10+/m1/s1. The maximum Gasteiger partial charge on any atom is 0.364 e. The summed E-state index contributed by atoms with van der Waals surface area (Å²) in [7, 11) is 2.83. The number of nitrogens with zero attached hydrogens (tertiary/aromatic N) is 1. The van der Waals surface area contributed by atoms with E-state index in [1.54, 1.807) is 0 Å². The predicted octanol–water partition coefficient (Wildman–Crippen LogP) is 1.34. The van der Waals surface area contributed by atoms with Crippen LogP contribution in [0.2, 0.25) is 0 Å². The van der Waals surface area contributed by atoms with Gasteiger partial charge >= 0.3 is 7.62 Å². The van der Waals surface area contributed by atoms with E-state index in [0.717, 1.165) is 7.62 Å². The average Bonchev–Trinajstić information content (AvgIpc) is 2.49. The minimum Gasteiger partial charge on any atom is -0.415 e. The normalized spacial score (nSPS) is 28.8. The lowest BCUT2D eigenvalue weighted by atomic mass is 10.0. The van der Waals surface area contributed by atoms with Crippen LogP contribution in [0.15, 0.2) is 30.3 Å². The molecule has 3 heteroatoms. The summed E-state index contributed by atoms with van der Waals surface area (Å²) < 4.78 is 5.69. The quantitative estimate of drug-likeness (QED) is 0.597. The fourth-order valence-corrected chi connectivity index (χ4v) is 1.70. The number of benzene rings is 1. The van der Waals surface area contributed by atoms with Crippen molar-refractivity contribution in [2.45, 2.75) is 19.1 Å². The topological polar surface area (TPSA) is 12.5 Å². The molecule has 1 fully saturated rings. The Kier molecular flexibility index (Phi) is 2.38. The monoisotopic (exact) mass is 175 g/mol. The van der Waals surface area contributed by atoms with Gasteiger partial charge in [-0.3, -0.25) is 0 Å². The van der Waals surface area contributed by atoms with Crippen LogP contribution in [-0.4, -0.2) is 25.5 Å². The summed E-state index contributed by atoms with van der Waals surface area (Å²) in [6.07, 6.45) is 0.242. The number of likely N-dealkylation sites (N-methyl/N-ethyl adjacent to an activating group) is 1. The Morgan fingerprint density at radius 1 is 1.31 bits per heavy atom. The first-order valence-corrected chi connectivity index (χ1v) is 4.66. The van der Waals surface area contributed by atoms with Crippen molar-refractivity contribution in [2.75, 3.05) is 7.05 Å². The Hall–Kier alpha value is -0.795. The van der Waals surface area contributed by atoms with Gasteiger partial charge in [0.15, 0.2) is 0 Å². The summed E-state index contributed by atoms with van der Waals surface area (Å²) in [5, 5.41) is 0. The van der Waals surface area contributed by atoms with Crippen molar-refractivity contribution >= 4 is 7.62 Å². The molecule has 1 aliphatic rings. The fraction of sp³-hybridized carbons (Fsp3) is 0.400. The molecule has 0 spiro atoms. The molecular formula is C10H14BNO. The van der Waals surface area contributed by atoms with Gasteiger partial charge in [0.2, 0.25) is 0 Å². The molecule has 0 unspecified atom stereocenters. The third-order valence-corrected chi connectivity index (χ3v) is 2.72. The maximum atomic E-state index is 5.69. The molecular weight excluding hydrogens is 161 g/mol. The molecule has 1 saturated heterocycles. The lowest BCUT2D eigenvalue weighted by Gasteiger charge is -2.19. The van der Waals surface area contributed by atoms with Gasteiger partial charge in [0, 0.05) is 6.04 Å². The highest BCUT2D eigenvalue weighted by atomic mass is 16.5. The molecule has 2 atom stereocenters. The van der Waals surface area contributed by atoms with Crippen molar-refractivity contribution in [1.82, 2.24) is 4.81 Å². The minimum absolute atomic E-state index is 0.242. The molecule has 13 heavy (non-hydrogen) atoms. The second kappa shape index (κ2) is 3.52. The number of rotatable bonds is 1. The zero-order chi connectivity index (χ0) is 9.26. The van der Waals surface area contributed by atoms with Crippen LogP contribution < -0.4 is 0 Å². The van der Waals surface area contributed by atoms with E-state index < -0.39 is 0 Å². The minimum atomic E-state index is 0.242. The molecule has 0 N–H and O–H groups in total. The third kappa shape index (κ3) is 1.62. The number of hydrogen-bond donors (Lipinski definition) is 0. The van der Waals surface area contributed by atoms with Crippen LogP contribution in [0.4, 0.5) is 0 Å². The fourth-order valence-electron chi connectivity index (χ4n) is 1.70. The van der Waals surface area contributed by atoms with Gasteiger partial charge in [-0.15, -0.1) is 0 Å². The highest BCUT2D eigenvalue weighted by molar-refractivity contribution is 6.24. The van der Waals surface area contributed by atoms with Crippen molar-refractivity contribution in [3.8, 4) is 0 Å². The Balaban J connectivity index is 2.19. The maximum absolute atomic E-state index is 5.69. The lowest BCUT2D eigenvalue weighted by molar-refractivity contribution is 0.213. The molecule has 1 aliphatic heterocycles. The molecule has 1 aromatic rings. The van der Waals surface area contributed by atoms with Crippen molar-refractivity contribution in [3.63, 3.8) is 0 Å². The lowest BCUT2D eigenvalue weighted by Crippen LogP contribution is -2.26. The molecule has 0 radical (unpaired) electrons. The van der Waals surface area contributed by atoms with E-state index in [1.165, 1.54) is 5.56 Å². The van der Waals surface area contributed by atoms with Gasteiger partial charge in [0.25, 0.3) is 0 Å². The van der Waals surface area contributed by atoms with Gasteiger partial charge in [-0.1, -0.05) is 30.3 Å². The van der Waals surface area contributed by atoms with Crippen LogP contribution in [0.3, 0.4) is 0 Å². The summed E-state index contributed by atoms with van der Waals surface area (Å²) in [5.74, 6) is 0. The second-order valence-electron chi connectivity index (χ2n) is 3.62. The van der Waals surface area contributed by atoms with Crippen molar-refractivity contribution < 1.29 is 4.65 Å². The predicted molar refractivity (Wildman–Crippen MR) is 54.6 cm³/mol. The van der Waals surface area contributed by atoms with Crippen LogP contribution in [0.25, 0.3) is 0 Å². The average molecular weight is 175 g/mol. The molecule has 0 aliphatic carbocycles. The smallest absolute Gasteiger partial charge is 0.364 e. The molecule has 68 valence electrons. The van der Waals surface area contributed by atoms with E-state index >= 15 is 0 Å². The molecule has 0 aromatic heterocycles. The van der Waals surface area contributed by atoms with Gasteiger partial charge in [0.05, 0.1) is 6.10 Å². The molecule has 1 aromatic carbocycles. The van der Waals surface area contributed by atoms with Crippen LogP contribution >= 0.6 is 0 Å². The molecule has 0 bridgehead atoms. The molecule has 1 heterocycles. The molecule has 2 nitrogen and oxygen atoms in total. The van der Waals surface area contributed by atoms with Crippen LogP contribution in [0, 0.1) is 0 Å². The van der Waals surface area contributed by atoms with Crippen molar-refractivity contribution in [3.05, 3.63) is 35.9 Å². The molecule has 2 rings (SSSR count). The Bertz CT molecular complexity index is 278. The summed E-state index contributed by atoms with van der Waals surface area (Å²) in [5.41, 5.74) is 1.28. The Morgan fingerprint density at radius 2 is 2.00 bits per heavy atom. The van der Waals surface area contributed by atoms with E-state index in [9.17, 15) is 0 Å². The van der Waals surface area contributed by atoms with E-state index in [-0.39, 0.29) is 6.10 Å². The highest BCUT2D eigenvalue weighted by Gasteiger charge is 2.30. The molecule has 0 amide bonds. The largest absolute Gasteiger partial charge is 0.415 e. The van der Waals surface area contributed by atoms with Crippen LogP contribution in [0.5, 0.6) is 0 Å². The Morgan fingerprint density at radius 3 is 2.54 bits per heavy atom. The summed E-state index contributed by atoms with van der Waals surface area (Å²) >= 11 is 0. The first-order valence-electron chi connectivity index (χ1n) is 4.66. The van der Waals surface area contributed by atoms with Gasteiger partial charge in [-0.25, -0.2) is 0 Å². The Labute approximate surface area is 79.8 Å². The van der Waals surface area contributed by atoms with Gasteiger partial charge in [-0.2, -0.15) is 0 Å². The van der Waals surface area contributed by atoms with Crippen molar-refractivity contribution in [1.29, 1.82) is 0 Å². The summed E-state index contributed by atoms with van der Waals surface area (Å²) in [6.45, 7) is 2.20. The summed E-state index contributed by atoms with van der Waals surface area (Å²) in [6, 6.07) is 10.9. The van der Waals surface area contributed by atoms with E-state index in [4.69, 9.17) is 4.65 Å². The second-order valence-corrected chi connectivity index (χ2v) is 3.62. The van der Waals surface area contributed by atoms with Gasteiger partial charge in [-0.05, 0) is 19.5 Å². The zero-order valence-electron chi connectivity index (χ0n) is 8.10. The number of hydrogen-bond acceptors (Lipinski definition) is 2. The first kappa shape index (κ1) is 8.79.